The maximum absolute atomic E-state index is 14.4. The van der Waals surface area contributed by atoms with E-state index >= 15 is 0 Å². The van der Waals surface area contributed by atoms with Crippen molar-refractivity contribution in [3.05, 3.63) is 105 Å². The van der Waals surface area contributed by atoms with Crippen LogP contribution in [0.25, 0.3) is 0 Å². The van der Waals surface area contributed by atoms with Gasteiger partial charge in [-0.15, -0.1) is 11.8 Å². The van der Waals surface area contributed by atoms with Gasteiger partial charge in [0.05, 0.1) is 10.8 Å². The molecule has 8 heteroatoms. The van der Waals surface area contributed by atoms with Crippen molar-refractivity contribution in [3.8, 4) is 0 Å². The number of aryl methyl sites for hydroxylation is 2. The maximum Gasteiger partial charge on any atom is 0.269 e. The van der Waals surface area contributed by atoms with Crippen LogP contribution in [-0.2, 0) is 10.3 Å². The number of amides is 1. The Morgan fingerprint density at radius 2 is 1.83 bits per heavy atom. The van der Waals surface area contributed by atoms with Crippen LogP contribution in [0.3, 0.4) is 0 Å². The van der Waals surface area contributed by atoms with Gasteiger partial charge in [0.25, 0.3) is 5.69 Å². The van der Waals surface area contributed by atoms with Gasteiger partial charge < -0.3 is 5.32 Å². The van der Waals surface area contributed by atoms with Crippen LogP contribution in [0.5, 0.6) is 0 Å². The van der Waals surface area contributed by atoms with Gasteiger partial charge >= 0.3 is 0 Å². The van der Waals surface area contributed by atoms with E-state index in [0.29, 0.717) is 11.4 Å². The number of nitrogens with one attached hydrogen (secondary N) is 1. The third kappa shape index (κ3) is 3.10. The van der Waals surface area contributed by atoms with Crippen molar-refractivity contribution in [2.24, 2.45) is 5.92 Å². The quantitative estimate of drug-likeness (QED) is 0.308. The van der Waals surface area contributed by atoms with Crippen LogP contribution in [0.15, 0.2) is 66.7 Å². The molecule has 0 saturated carbocycles. The Kier molecular flexibility index (Phi) is 5.28. The van der Waals surface area contributed by atoms with Gasteiger partial charge in [0, 0.05) is 52.5 Å². The monoisotopic (exact) mass is 499 g/mol. The molecule has 1 N–H and O–H groups in total. The molecule has 0 radical (unpaired) electrons. The molecule has 3 aliphatic rings. The molecule has 6 rings (SSSR count). The summed E-state index contributed by atoms with van der Waals surface area (Å²) in [4.78, 5) is 41.6. The molecule has 1 amide bonds. The summed E-state index contributed by atoms with van der Waals surface area (Å²) in [6, 6.07) is 19.7. The zero-order valence-corrected chi connectivity index (χ0v) is 20.7. The van der Waals surface area contributed by atoms with E-state index in [2.05, 4.69) is 10.2 Å². The van der Waals surface area contributed by atoms with Gasteiger partial charge in [-0.25, -0.2) is 0 Å². The number of nitro groups is 1. The van der Waals surface area contributed by atoms with Gasteiger partial charge in [-0.3, -0.25) is 24.6 Å². The highest BCUT2D eigenvalue weighted by molar-refractivity contribution is 7.99. The molecule has 0 aromatic heterocycles. The molecular weight excluding hydrogens is 474 g/mol. The minimum Gasteiger partial charge on any atom is -0.324 e. The number of Topliss-reactive ketones (excluding diaryl/α,β-unsaturated/α-hetero) is 1. The molecule has 2 saturated heterocycles. The van der Waals surface area contributed by atoms with Gasteiger partial charge in [-0.1, -0.05) is 60.2 Å². The van der Waals surface area contributed by atoms with Gasteiger partial charge in [-0.2, -0.15) is 0 Å². The highest BCUT2D eigenvalue weighted by Crippen LogP contribution is 2.61. The number of carbonyl (C=O) groups is 2. The smallest absolute Gasteiger partial charge is 0.269 e. The highest BCUT2D eigenvalue weighted by atomic mass is 32.2. The van der Waals surface area contributed by atoms with E-state index in [1.807, 2.05) is 44.2 Å². The number of ketones is 1. The molecule has 1 spiro atoms. The average molecular weight is 500 g/mol. The Morgan fingerprint density at radius 1 is 1.11 bits per heavy atom. The van der Waals surface area contributed by atoms with Crippen molar-refractivity contribution < 1.29 is 14.5 Å². The Bertz CT molecular complexity index is 1410. The number of carbonyl (C=O) groups excluding carboxylic acids is 2. The van der Waals surface area contributed by atoms with E-state index in [0.717, 1.165) is 33.7 Å². The van der Waals surface area contributed by atoms with Crippen LogP contribution in [0.2, 0.25) is 0 Å². The molecule has 36 heavy (non-hydrogen) atoms. The predicted molar refractivity (Wildman–Crippen MR) is 139 cm³/mol. The van der Waals surface area contributed by atoms with Crippen molar-refractivity contribution >= 4 is 34.8 Å². The van der Waals surface area contributed by atoms with Gasteiger partial charge in [-0.05, 0) is 25.0 Å². The molecular formula is C28H25N3O4S. The van der Waals surface area contributed by atoms with Crippen LogP contribution >= 0.6 is 11.8 Å². The fourth-order valence-electron chi connectivity index (χ4n) is 6.51. The number of fused-ring (bicyclic) bond motifs is 4. The van der Waals surface area contributed by atoms with Crippen LogP contribution in [-0.4, -0.2) is 39.2 Å². The molecule has 3 heterocycles. The lowest BCUT2D eigenvalue weighted by Crippen LogP contribution is -2.52. The Balaban J connectivity index is 1.62. The molecule has 0 bridgehead atoms. The molecule has 3 aromatic rings. The van der Waals surface area contributed by atoms with Crippen LogP contribution in [0.4, 0.5) is 11.4 Å². The number of rotatable bonds is 4. The first-order chi connectivity index (χ1) is 17.3. The third-order valence-electron chi connectivity index (χ3n) is 7.90. The molecule has 7 nitrogen and oxygen atoms in total. The largest absolute Gasteiger partial charge is 0.324 e. The topological polar surface area (TPSA) is 92.5 Å². The second kappa shape index (κ2) is 8.28. The van der Waals surface area contributed by atoms with E-state index in [-0.39, 0.29) is 29.3 Å². The fourth-order valence-corrected chi connectivity index (χ4v) is 7.83. The first kappa shape index (κ1) is 22.9. The van der Waals surface area contributed by atoms with Gasteiger partial charge in [0.2, 0.25) is 5.91 Å². The number of hydrogen-bond acceptors (Lipinski definition) is 6. The lowest BCUT2D eigenvalue weighted by molar-refractivity contribution is -0.384. The van der Waals surface area contributed by atoms with Crippen molar-refractivity contribution in [1.82, 2.24) is 4.90 Å². The van der Waals surface area contributed by atoms with E-state index < -0.39 is 16.4 Å². The molecule has 4 atom stereocenters. The van der Waals surface area contributed by atoms with Crippen molar-refractivity contribution in [2.45, 2.75) is 31.3 Å². The maximum atomic E-state index is 14.4. The van der Waals surface area contributed by atoms with Crippen molar-refractivity contribution in [3.63, 3.8) is 0 Å². The second-order valence-corrected chi connectivity index (χ2v) is 10.8. The summed E-state index contributed by atoms with van der Waals surface area (Å²) >= 11 is 1.75. The third-order valence-corrected chi connectivity index (χ3v) is 8.94. The zero-order chi connectivity index (χ0) is 25.2. The predicted octanol–water partition coefficient (Wildman–Crippen LogP) is 5.03. The molecule has 0 unspecified atom stereocenters. The molecule has 2 fully saturated rings. The fraction of sp³-hybridized carbons (Fsp3) is 0.286. The lowest BCUT2D eigenvalue weighted by Gasteiger charge is -2.36. The Hall–Kier alpha value is -3.49. The van der Waals surface area contributed by atoms with Crippen LogP contribution < -0.4 is 5.32 Å². The zero-order valence-electron chi connectivity index (χ0n) is 19.9. The highest BCUT2D eigenvalue weighted by Gasteiger charge is 2.69. The number of nitrogens with zero attached hydrogens (tertiary/aromatic N) is 2. The standard InChI is InChI=1S/C28H25N3O4S/c1-16-12-17(2)25-21(13-16)28(27(33)29-25)24(26(32)19-6-4-3-5-7-19)23(22-14-36-15-30(22)28)18-8-10-20(11-9-18)31(34)35/h3-13,22-24H,14-15H2,1-2H3,(H,29,33)/t22-,23-,24-,28-/m1/s1. The van der Waals surface area contributed by atoms with Crippen molar-refractivity contribution in [2.75, 3.05) is 16.9 Å². The Labute approximate surface area is 213 Å². The molecule has 3 aromatic carbocycles. The summed E-state index contributed by atoms with van der Waals surface area (Å²) in [6.07, 6.45) is 0. The summed E-state index contributed by atoms with van der Waals surface area (Å²) in [5.74, 6) is 0.167. The molecule has 182 valence electrons. The van der Waals surface area contributed by atoms with Crippen LogP contribution in [0, 0.1) is 29.9 Å². The van der Waals surface area contributed by atoms with Gasteiger partial charge in [0.15, 0.2) is 5.78 Å². The first-order valence-corrected chi connectivity index (χ1v) is 13.1. The SMILES string of the molecule is Cc1cc(C)c2c(c1)[C@]1(C(=O)N2)[C@@H](C(=O)c2ccccc2)[C@H](c2ccc([N+](=O)[O-])cc2)[C@H]2CSCN21. The normalized spacial score (nSPS) is 26.6. The van der Waals surface area contributed by atoms with E-state index in [9.17, 15) is 19.7 Å². The number of non-ortho nitro benzene ring substituents is 1. The van der Waals surface area contributed by atoms with E-state index in [1.54, 1.807) is 36.0 Å². The minimum atomic E-state index is -1.15. The minimum absolute atomic E-state index is 0.00486. The summed E-state index contributed by atoms with van der Waals surface area (Å²) in [7, 11) is 0. The van der Waals surface area contributed by atoms with E-state index in [1.165, 1.54) is 12.1 Å². The summed E-state index contributed by atoms with van der Waals surface area (Å²) in [5.41, 5.74) is 3.92. The average Bonchev–Trinajstić information content (AvgIpc) is 3.53. The summed E-state index contributed by atoms with van der Waals surface area (Å²) in [5, 5.41) is 14.4. The van der Waals surface area contributed by atoms with Gasteiger partial charge in [0.1, 0.15) is 5.54 Å². The van der Waals surface area contributed by atoms with E-state index in [4.69, 9.17) is 0 Å². The first-order valence-electron chi connectivity index (χ1n) is 12.0. The lowest BCUT2D eigenvalue weighted by atomic mass is 9.69. The second-order valence-electron chi connectivity index (χ2n) is 9.84. The van der Waals surface area contributed by atoms with Crippen LogP contribution in [0.1, 0.15) is 38.5 Å². The number of thioether (sulfide) groups is 1. The number of nitro benzene ring substituents is 1. The van der Waals surface area contributed by atoms with Crippen molar-refractivity contribution in [1.29, 1.82) is 0 Å². The summed E-state index contributed by atoms with van der Waals surface area (Å²) in [6.45, 7) is 3.99. The molecule has 0 aliphatic carbocycles. The summed E-state index contributed by atoms with van der Waals surface area (Å²) < 4.78 is 0. The molecule has 3 aliphatic heterocycles. The number of benzene rings is 3. The number of anilines is 1. The number of hydrogen-bond donors (Lipinski definition) is 1. The Morgan fingerprint density at radius 3 is 2.53 bits per heavy atom.